The Morgan fingerprint density at radius 2 is 1.95 bits per heavy atom. The van der Waals surface area contributed by atoms with E-state index in [2.05, 4.69) is 35.6 Å². The number of carbonyl (C=O) groups is 1. The molecule has 1 atom stereocenters. The minimum atomic E-state index is -0.746. The van der Waals surface area contributed by atoms with Crippen LogP contribution in [0.1, 0.15) is 35.7 Å². The summed E-state index contributed by atoms with van der Waals surface area (Å²) in [6, 6.07) is 11.2. The van der Waals surface area contributed by atoms with Crippen molar-refractivity contribution in [1.82, 2.24) is 29.6 Å². The van der Waals surface area contributed by atoms with Crippen molar-refractivity contribution in [1.29, 1.82) is 0 Å². The van der Waals surface area contributed by atoms with Gasteiger partial charge in [-0.1, -0.05) is 19.1 Å². The van der Waals surface area contributed by atoms with Crippen molar-refractivity contribution in [3.63, 3.8) is 0 Å². The first-order valence-corrected chi connectivity index (χ1v) is 12.8. The van der Waals surface area contributed by atoms with E-state index in [-0.39, 0.29) is 5.78 Å². The molecule has 202 valence electrons. The number of rotatable bonds is 10. The Kier molecular flexibility index (Phi) is 7.78. The zero-order valence-corrected chi connectivity index (χ0v) is 22.2. The Morgan fingerprint density at radius 3 is 2.62 bits per heavy atom. The molecule has 4 heterocycles. The molecule has 10 nitrogen and oxygen atoms in total. The SMILES string of the molecule is CCC(=O)c1cnc(Nc2ccc(CN3CC[C@H](F)C3)cn2)cc1Nc1cccc(-c2ncn(C)n2)c1OC. The third-order valence-electron chi connectivity index (χ3n) is 6.56. The fourth-order valence-electron chi connectivity index (χ4n) is 4.59. The predicted molar refractivity (Wildman–Crippen MR) is 147 cm³/mol. The number of ketones is 1. The molecule has 0 aliphatic carbocycles. The highest BCUT2D eigenvalue weighted by Gasteiger charge is 2.22. The molecular weight excluding hydrogens is 499 g/mol. The van der Waals surface area contributed by atoms with Gasteiger partial charge in [-0.15, -0.1) is 0 Å². The van der Waals surface area contributed by atoms with Crippen LogP contribution in [0.15, 0.2) is 55.1 Å². The van der Waals surface area contributed by atoms with Crippen molar-refractivity contribution < 1.29 is 13.9 Å². The number of ether oxygens (including phenoxy) is 1. The van der Waals surface area contributed by atoms with Gasteiger partial charge in [0.05, 0.1) is 29.6 Å². The van der Waals surface area contributed by atoms with E-state index >= 15 is 0 Å². The smallest absolute Gasteiger partial charge is 0.184 e. The minimum Gasteiger partial charge on any atom is -0.494 e. The molecule has 39 heavy (non-hydrogen) atoms. The molecule has 1 fully saturated rings. The molecule has 0 radical (unpaired) electrons. The van der Waals surface area contributed by atoms with Gasteiger partial charge in [0, 0.05) is 51.6 Å². The number of methoxy groups -OCH3 is 1. The molecule has 4 aromatic rings. The summed E-state index contributed by atoms with van der Waals surface area (Å²) < 4.78 is 20.8. The predicted octanol–water partition coefficient (Wildman–Crippen LogP) is 4.90. The van der Waals surface area contributed by atoms with Gasteiger partial charge in [-0.05, 0) is 30.2 Å². The third-order valence-corrected chi connectivity index (χ3v) is 6.56. The van der Waals surface area contributed by atoms with Gasteiger partial charge in [-0.2, -0.15) is 5.10 Å². The number of benzene rings is 1. The summed E-state index contributed by atoms with van der Waals surface area (Å²) in [4.78, 5) is 28.1. The van der Waals surface area contributed by atoms with Gasteiger partial charge in [0.1, 0.15) is 24.1 Å². The van der Waals surface area contributed by atoms with Crippen LogP contribution in [0.4, 0.5) is 27.4 Å². The maximum Gasteiger partial charge on any atom is 0.184 e. The Hall–Kier alpha value is -4.38. The molecule has 2 N–H and O–H groups in total. The maximum absolute atomic E-state index is 13.5. The fraction of sp³-hybridized carbons (Fsp3) is 0.321. The molecule has 3 aromatic heterocycles. The third kappa shape index (κ3) is 6.04. The topological polar surface area (TPSA) is 110 Å². The number of alkyl halides is 1. The lowest BCUT2D eigenvalue weighted by molar-refractivity contribution is 0.0988. The normalized spacial score (nSPS) is 15.3. The fourth-order valence-corrected chi connectivity index (χ4v) is 4.59. The highest BCUT2D eigenvalue weighted by molar-refractivity contribution is 6.02. The number of halogens is 1. The van der Waals surface area contributed by atoms with Crippen LogP contribution in [-0.2, 0) is 13.6 Å². The van der Waals surface area contributed by atoms with E-state index in [0.717, 1.165) is 17.7 Å². The van der Waals surface area contributed by atoms with Gasteiger partial charge >= 0.3 is 0 Å². The lowest BCUT2D eigenvalue weighted by atomic mass is 10.1. The number of nitrogens with zero attached hydrogens (tertiary/aromatic N) is 6. The van der Waals surface area contributed by atoms with Crippen LogP contribution in [-0.4, -0.2) is 61.8 Å². The summed E-state index contributed by atoms with van der Waals surface area (Å²) in [6.45, 7) is 3.71. The Labute approximate surface area is 226 Å². The number of aromatic nitrogens is 5. The molecule has 1 aliphatic heterocycles. The molecule has 0 spiro atoms. The lowest BCUT2D eigenvalue weighted by Crippen LogP contribution is -2.20. The molecule has 1 aliphatic rings. The average Bonchev–Trinajstić information content (AvgIpc) is 3.56. The van der Waals surface area contributed by atoms with Crippen molar-refractivity contribution >= 4 is 28.8 Å². The summed E-state index contributed by atoms with van der Waals surface area (Å²) in [5, 5.41) is 11.0. The molecule has 0 amide bonds. The number of hydrogen-bond donors (Lipinski definition) is 2. The Balaban J connectivity index is 1.39. The molecular formula is C28H31FN8O2. The van der Waals surface area contributed by atoms with E-state index in [1.807, 2.05) is 37.3 Å². The van der Waals surface area contributed by atoms with Gasteiger partial charge < -0.3 is 15.4 Å². The molecule has 0 saturated carbocycles. The largest absolute Gasteiger partial charge is 0.494 e. The number of carbonyl (C=O) groups excluding carboxylic acids is 1. The average molecular weight is 531 g/mol. The van der Waals surface area contributed by atoms with Crippen molar-refractivity contribution in [2.24, 2.45) is 7.05 Å². The number of Topliss-reactive ketones (excluding diaryl/α,β-unsaturated/α-hetero) is 1. The van der Waals surface area contributed by atoms with Crippen LogP contribution >= 0.6 is 0 Å². The first-order valence-electron chi connectivity index (χ1n) is 12.8. The Bertz CT molecular complexity index is 1460. The standard InChI is InChI=1S/C28H31FN8O2/c1-4-24(38)21-14-31-26(34-25-9-8-18(13-30-25)15-37-11-10-19(29)16-37)12-23(21)33-22-7-5-6-20(27(22)39-3)28-32-17-36(2)35-28/h5-9,12-14,17,19H,4,10-11,15-16H2,1-3H3,(H2,30,31,33,34)/t19-/m0/s1. The molecule has 5 rings (SSSR count). The zero-order chi connectivity index (χ0) is 27.4. The molecule has 11 heteroatoms. The Morgan fingerprint density at radius 1 is 1.10 bits per heavy atom. The number of para-hydroxylation sites is 1. The van der Waals surface area contributed by atoms with Crippen molar-refractivity contribution in [3.8, 4) is 17.1 Å². The number of aryl methyl sites for hydroxylation is 1. The second-order valence-corrected chi connectivity index (χ2v) is 9.44. The van der Waals surface area contributed by atoms with E-state index in [9.17, 15) is 9.18 Å². The van der Waals surface area contributed by atoms with Gasteiger partial charge in [0.25, 0.3) is 0 Å². The van der Waals surface area contributed by atoms with Crippen LogP contribution in [0.25, 0.3) is 11.4 Å². The van der Waals surface area contributed by atoms with Crippen LogP contribution < -0.4 is 15.4 Å². The van der Waals surface area contributed by atoms with Gasteiger partial charge in [0.2, 0.25) is 0 Å². The number of anilines is 4. The van der Waals surface area contributed by atoms with Crippen LogP contribution in [0.3, 0.4) is 0 Å². The number of hydrogen-bond acceptors (Lipinski definition) is 9. The molecule has 1 aromatic carbocycles. The first-order chi connectivity index (χ1) is 18.9. The second-order valence-electron chi connectivity index (χ2n) is 9.44. The zero-order valence-electron chi connectivity index (χ0n) is 22.2. The van der Waals surface area contributed by atoms with Gasteiger partial charge in [-0.25, -0.2) is 19.3 Å². The van der Waals surface area contributed by atoms with E-state index in [1.54, 1.807) is 43.6 Å². The monoisotopic (exact) mass is 530 g/mol. The highest BCUT2D eigenvalue weighted by atomic mass is 19.1. The van der Waals surface area contributed by atoms with Crippen LogP contribution in [0.2, 0.25) is 0 Å². The van der Waals surface area contributed by atoms with Crippen molar-refractivity contribution in [3.05, 3.63) is 66.2 Å². The summed E-state index contributed by atoms with van der Waals surface area (Å²) in [6.07, 6.45) is 5.14. The van der Waals surface area contributed by atoms with Crippen molar-refractivity contribution in [2.75, 3.05) is 30.8 Å². The van der Waals surface area contributed by atoms with E-state index < -0.39 is 6.17 Å². The molecule has 1 saturated heterocycles. The second kappa shape index (κ2) is 11.6. The number of pyridine rings is 2. The summed E-state index contributed by atoms with van der Waals surface area (Å²) >= 11 is 0. The van der Waals surface area contributed by atoms with E-state index in [0.29, 0.717) is 66.1 Å². The van der Waals surface area contributed by atoms with Crippen LogP contribution in [0, 0.1) is 0 Å². The summed E-state index contributed by atoms with van der Waals surface area (Å²) in [7, 11) is 3.38. The maximum atomic E-state index is 13.5. The van der Waals surface area contributed by atoms with Gasteiger partial charge in [-0.3, -0.25) is 14.4 Å². The lowest BCUT2D eigenvalue weighted by Gasteiger charge is -2.17. The first kappa shape index (κ1) is 26.2. The van der Waals surface area contributed by atoms with Gasteiger partial charge in [0.15, 0.2) is 17.4 Å². The van der Waals surface area contributed by atoms with Crippen LogP contribution in [0.5, 0.6) is 5.75 Å². The van der Waals surface area contributed by atoms with Crippen molar-refractivity contribution in [2.45, 2.75) is 32.5 Å². The number of likely N-dealkylation sites (tertiary alicyclic amines) is 1. The summed E-state index contributed by atoms with van der Waals surface area (Å²) in [5.74, 6) is 2.17. The molecule has 0 bridgehead atoms. The highest BCUT2D eigenvalue weighted by Crippen LogP contribution is 2.37. The number of nitrogens with one attached hydrogen (secondary N) is 2. The quantitative estimate of drug-likeness (QED) is 0.277. The molecule has 0 unspecified atom stereocenters. The minimum absolute atomic E-state index is 0.0435. The summed E-state index contributed by atoms with van der Waals surface area (Å²) in [5.41, 5.74) is 3.44. The van der Waals surface area contributed by atoms with E-state index in [4.69, 9.17) is 4.74 Å². The van der Waals surface area contributed by atoms with E-state index in [1.165, 1.54) is 0 Å².